The lowest BCUT2D eigenvalue weighted by Gasteiger charge is -2.00. The molecule has 0 saturated carbocycles. The van der Waals surface area contributed by atoms with Crippen LogP contribution in [0.5, 0.6) is 0 Å². The van der Waals surface area contributed by atoms with Crippen LogP contribution in [-0.4, -0.2) is 29.3 Å². The van der Waals surface area contributed by atoms with Gasteiger partial charge in [-0.25, -0.2) is 4.79 Å². The van der Waals surface area contributed by atoms with Crippen molar-refractivity contribution in [2.45, 2.75) is 6.42 Å². The van der Waals surface area contributed by atoms with E-state index < -0.39 is 5.97 Å². The lowest BCUT2D eigenvalue weighted by molar-refractivity contribution is -0.131. The number of nitrogens with zero attached hydrogens (tertiary/aromatic N) is 2. The van der Waals surface area contributed by atoms with Crippen LogP contribution < -0.4 is 0 Å². The summed E-state index contributed by atoms with van der Waals surface area (Å²) in [6.07, 6.45) is 9.79. The highest BCUT2D eigenvalue weighted by molar-refractivity contribution is 6.39. The molecular formula is C15H15ClN2O2. The van der Waals surface area contributed by atoms with Gasteiger partial charge in [0, 0.05) is 37.6 Å². The number of hydrogen-bond donors (Lipinski definition) is 1. The zero-order valence-corrected chi connectivity index (χ0v) is 11.8. The summed E-state index contributed by atoms with van der Waals surface area (Å²) in [5.41, 5.74) is 1.43. The third-order valence-electron chi connectivity index (χ3n) is 2.24. The third kappa shape index (κ3) is 6.66. The Morgan fingerprint density at radius 2 is 2.30 bits per heavy atom. The molecule has 0 saturated heterocycles. The molecule has 0 aliphatic rings. The first-order chi connectivity index (χ1) is 9.61. The van der Waals surface area contributed by atoms with E-state index in [1.54, 1.807) is 31.5 Å². The molecule has 0 amide bonds. The summed E-state index contributed by atoms with van der Waals surface area (Å²) in [5, 5.41) is 9.33. The van der Waals surface area contributed by atoms with E-state index in [1.165, 1.54) is 6.21 Å². The largest absolute Gasteiger partial charge is 0.478 e. The minimum Gasteiger partial charge on any atom is -0.478 e. The van der Waals surface area contributed by atoms with Crippen LogP contribution in [0.15, 0.2) is 64.3 Å². The highest BCUT2D eigenvalue weighted by Crippen LogP contribution is 2.08. The number of carbonyl (C=O) groups is 1. The van der Waals surface area contributed by atoms with E-state index in [4.69, 9.17) is 16.7 Å². The second kappa shape index (κ2) is 8.82. The zero-order chi connectivity index (χ0) is 14.8. The fourth-order valence-corrected chi connectivity index (χ4v) is 1.63. The topological polar surface area (TPSA) is 62.5 Å². The third-order valence-corrected chi connectivity index (χ3v) is 2.46. The minimum atomic E-state index is -0.995. The molecule has 1 aromatic heterocycles. The Morgan fingerprint density at radius 1 is 1.50 bits per heavy atom. The predicted molar refractivity (Wildman–Crippen MR) is 81.2 cm³/mol. The van der Waals surface area contributed by atoms with Crippen LogP contribution in [-0.2, 0) is 11.2 Å². The van der Waals surface area contributed by atoms with Gasteiger partial charge in [0.2, 0.25) is 0 Å². The molecule has 0 aliphatic carbocycles. The Labute approximate surface area is 122 Å². The van der Waals surface area contributed by atoms with E-state index in [0.717, 1.165) is 11.8 Å². The first kappa shape index (κ1) is 15.9. The van der Waals surface area contributed by atoms with Gasteiger partial charge >= 0.3 is 5.97 Å². The van der Waals surface area contributed by atoms with E-state index in [0.29, 0.717) is 17.0 Å². The van der Waals surface area contributed by atoms with Crippen LogP contribution in [0.2, 0.25) is 0 Å². The van der Waals surface area contributed by atoms with Crippen molar-refractivity contribution in [1.82, 2.24) is 4.98 Å². The molecule has 0 fully saturated rings. The highest BCUT2D eigenvalue weighted by Gasteiger charge is 2.00. The molecular weight excluding hydrogens is 276 g/mol. The molecule has 0 aromatic carbocycles. The van der Waals surface area contributed by atoms with E-state index in [2.05, 4.69) is 9.98 Å². The zero-order valence-electron chi connectivity index (χ0n) is 11.0. The van der Waals surface area contributed by atoms with Gasteiger partial charge in [-0.05, 0) is 23.8 Å². The Morgan fingerprint density at radius 3 is 2.90 bits per heavy atom. The van der Waals surface area contributed by atoms with Crippen molar-refractivity contribution in [3.05, 3.63) is 65.0 Å². The van der Waals surface area contributed by atoms with Crippen molar-refractivity contribution in [3.8, 4) is 0 Å². The van der Waals surface area contributed by atoms with Crippen molar-refractivity contribution in [1.29, 1.82) is 0 Å². The van der Waals surface area contributed by atoms with E-state index >= 15 is 0 Å². The van der Waals surface area contributed by atoms with Gasteiger partial charge in [-0.3, -0.25) is 9.98 Å². The average Bonchev–Trinajstić information content (AvgIpc) is 2.39. The molecule has 1 rings (SSSR count). The maximum atomic E-state index is 10.8. The number of pyridine rings is 1. The second-order valence-corrected chi connectivity index (χ2v) is 4.29. The van der Waals surface area contributed by atoms with Crippen LogP contribution in [0.25, 0.3) is 0 Å². The summed E-state index contributed by atoms with van der Waals surface area (Å²) in [6, 6.07) is 5.52. The molecule has 0 bridgehead atoms. The standard InChI is InChI=1S/C15H15ClN2O2/c1-17-11-13(16)6-4-5-12(10-15(19)20)9-14-7-2-3-8-18-14/h2-8,10-11H,9H2,1H3,(H,19,20)/b5-4+,12-10+,13-6+,17-11?. The number of allylic oxidation sites excluding steroid dienone is 5. The fraction of sp³-hybridized carbons (Fsp3) is 0.133. The average molecular weight is 291 g/mol. The molecule has 4 nitrogen and oxygen atoms in total. The van der Waals surface area contributed by atoms with Crippen molar-refractivity contribution < 1.29 is 9.90 Å². The Kier molecular flexibility index (Phi) is 7.00. The van der Waals surface area contributed by atoms with Gasteiger partial charge in [0.1, 0.15) is 0 Å². The lowest BCUT2D eigenvalue weighted by atomic mass is 10.1. The quantitative estimate of drug-likeness (QED) is 0.498. The van der Waals surface area contributed by atoms with Crippen LogP contribution in [0.3, 0.4) is 0 Å². The number of rotatable bonds is 6. The summed E-state index contributed by atoms with van der Waals surface area (Å²) in [7, 11) is 1.62. The van der Waals surface area contributed by atoms with E-state index in [1.807, 2.05) is 18.2 Å². The van der Waals surface area contributed by atoms with Crippen molar-refractivity contribution in [2.24, 2.45) is 4.99 Å². The summed E-state index contributed by atoms with van der Waals surface area (Å²) < 4.78 is 0. The van der Waals surface area contributed by atoms with Crippen molar-refractivity contribution >= 4 is 23.8 Å². The number of carboxylic acid groups (broad SMARTS) is 1. The first-order valence-electron chi connectivity index (χ1n) is 5.91. The molecule has 1 aromatic rings. The molecule has 0 atom stereocenters. The first-order valence-corrected chi connectivity index (χ1v) is 6.29. The van der Waals surface area contributed by atoms with Gasteiger partial charge in [-0.2, -0.15) is 0 Å². The molecule has 1 N–H and O–H groups in total. The molecule has 0 radical (unpaired) electrons. The van der Waals surface area contributed by atoms with Crippen LogP contribution in [0.1, 0.15) is 5.69 Å². The Balaban J connectivity index is 2.84. The second-order valence-electron chi connectivity index (χ2n) is 3.85. The van der Waals surface area contributed by atoms with Gasteiger partial charge in [-0.1, -0.05) is 29.8 Å². The maximum absolute atomic E-state index is 10.8. The number of aliphatic carboxylic acids is 1. The molecule has 20 heavy (non-hydrogen) atoms. The van der Waals surface area contributed by atoms with Crippen LogP contribution in [0, 0.1) is 0 Å². The van der Waals surface area contributed by atoms with E-state index in [-0.39, 0.29) is 0 Å². The summed E-state index contributed by atoms with van der Waals surface area (Å²) in [4.78, 5) is 18.7. The highest BCUT2D eigenvalue weighted by atomic mass is 35.5. The molecule has 104 valence electrons. The number of hydrogen-bond acceptors (Lipinski definition) is 3. The fourth-order valence-electron chi connectivity index (χ4n) is 1.46. The smallest absolute Gasteiger partial charge is 0.328 e. The summed E-state index contributed by atoms with van der Waals surface area (Å²) >= 11 is 5.84. The number of halogens is 1. The summed E-state index contributed by atoms with van der Waals surface area (Å²) in [5.74, 6) is -0.995. The van der Waals surface area contributed by atoms with Crippen molar-refractivity contribution in [3.63, 3.8) is 0 Å². The van der Waals surface area contributed by atoms with E-state index in [9.17, 15) is 4.79 Å². The van der Waals surface area contributed by atoms with Crippen LogP contribution in [0.4, 0.5) is 0 Å². The Bertz CT molecular complexity index is 560. The SMILES string of the molecule is CN=C\C(Cl)=C/C=C/C(=C\C(=O)O)Cc1ccccn1. The Hall–Kier alpha value is -2.20. The molecule has 1 heterocycles. The number of aromatic nitrogens is 1. The van der Waals surface area contributed by atoms with Gasteiger partial charge in [0.05, 0.1) is 5.03 Å². The van der Waals surface area contributed by atoms with Gasteiger partial charge in [-0.15, -0.1) is 0 Å². The number of carboxylic acids is 1. The summed E-state index contributed by atoms with van der Waals surface area (Å²) in [6.45, 7) is 0. The normalized spacial score (nSPS) is 13.3. The number of aliphatic imine (C=N–C) groups is 1. The minimum absolute atomic E-state index is 0.441. The monoisotopic (exact) mass is 290 g/mol. The maximum Gasteiger partial charge on any atom is 0.328 e. The lowest BCUT2D eigenvalue weighted by Crippen LogP contribution is -1.96. The molecule has 5 heteroatoms. The predicted octanol–water partition coefficient (Wildman–Crippen LogP) is 3.01. The molecule has 0 unspecified atom stereocenters. The van der Waals surface area contributed by atoms with Crippen molar-refractivity contribution in [2.75, 3.05) is 7.05 Å². The molecule has 0 aliphatic heterocycles. The van der Waals surface area contributed by atoms with Gasteiger partial charge in [0.25, 0.3) is 0 Å². The van der Waals surface area contributed by atoms with Gasteiger partial charge < -0.3 is 5.11 Å². The van der Waals surface area contributed by atoms with Crippen LogP contribution >= 0.6 is 11.6 Å². The molecule has 0 spiro atoms. The van der Waals surface area contributed by atoms with Gasteiger partial charge in [0.15, 0.2) is 0 Å².